The molecule has 6 heterocycles. The number of rotatable bonds is 11. The zero-order valence-corrected chi connectivity index (χ0v) is 41.9. The Morgan fingerprint density at radius 3 is 1.93 bits per heavy atom. The number of aliphatic hydroxyl groups is 13. The van der Waals surface area contributed by atoms with Gasteiger partial charge in [0.25, 0.3) is 0 Å². The van der Waals surface area contributed by atoms with Crippen molar-refractivity contribution < 1.29 is 114 Å². The minimum absolute atomic E-state index is 0.0326. The molecule has 1 spiro atoms. The van der Waals surface area contributed by atoms with Crippen LogP contribution in [0.2, 0.25) is 0 Å². The molecule has 23 heteroatoms. The maximum absolute atomic E-state index is 13.0. The molecule has 0 aromatic rings. The van der Waals surface area contributed by atoms with E-state index in [0.29, 0.717) is 38.2 Å². The molecule has 10 aliphatic rings. The molecule has 73 heavy (non-hydrogen) atoms. The Balaban J connectivity index is 0.833. The van der Waals surface area contributed by atoms with Crippen LogP contribution in [-0.2, 0) is 47.4 Å². The summed E-state index contributed by atoms with van der Waals surface area (Å²) in [5.74, 6) is 0.488. The highest BCUT2D eigenvalue weighted by Crippen LogP contribution is 2.72. The number of ether oxygens (including phenoxy) is 10. The lowest BCUT2D eigenvalue weighted by Crippen LogP contribution is -2.68. The second-order valence-corrected chi connectivity index (χ2v) is 23.6. The summed E-state index contributed by atoms with van der Waals surface area (Å²) in [5, 5.41) is 142. The van der Waals surface area contributed by atoms with Crippen LogP contribution in [0.4, 0.5) is 0 Å². The van der Waals surface area contributed by atoms with Crippen molar-refractivity contribution in [3.05, 3.63) is 11.6 Å². The second kappa shape index (κ2) is 20.8. The average molecular weight is 1050 g/mol. The number of aliphatic hydroxyl groups excluding tert-OH is 12. The molecule has 418 valence electrons. The fraction of sp³-hybridized carbons (Fsp3) is 0.960. The zero-order chi connectivity index (χ0) is 52.3. The average Bonchev–Trinajstić information content (AvgIpc) is 3.77. The largest absolute Gasteiger partial charge is 0.394 e. The van der Waals surface area contributed by atoms with E-state index in [1.165, 1.54) is 5.57 Å². The van der Waals surface area contributed by atoms with Gasteiger partial charge < -0.3 is 114 Å². The molecule has 4 aliphatic carbocycles. The summed E-state index contributed by atoms with van der Waals surface area (Å²) in [6.45, 7) is 6.66. The highest BCUT2D eigenvalue weighted by Gasteiger charge is 2.74. The summed E-state index contributed by atoms with van der Waals surface area (Å²) in [7, 11) is 0. The highest BCUT2D eigenvalue weighted by molar-refractivity contribution is 5.30. The SMILES string of the molecule is CC1CCC2(OC1)OC1CC3(O)C4CC=C5CC(OC6OC(CO)C(OC7OC(CO)C(O)C(OC8OCC(O)C(O)C8O)C7OC7OC(CO)C(O)C(O)C7O)C(O)C6O)CCC5(C)C4CCC3(C)C1C2C. The van der Waals surface area contributed by atoms with Crippen LogP contribution in [0.5, 0.6) is 0 Å². The number of allylic oxidation sites excluding steroid dienone is 1. The molecule has 6 saturated heterocycles. The van der Waals surface area contributed by atoms with Crippen molar-refractivity contribution in [2.75, 3.05) is 33.0 Å². The van der Waals surface area contributed by atoms with Gasteiger partial charge in [0, 0.05) is 30.1 Å². The predicted molar refractivity (Wildman–Crippen MR) is 244 cm³/mol. The lowest BCUT2D eigenvalue weighted by atomic mass is 9.45. The third kappa shape index (κ3) is 9.12. The maximum atomic E-state index is 13.0. The smallest absolute Gasteiger partial charge is 0.187 e. The molecule has 3 saturated carbocycles. The lowest BCUT2D eigenvalue weighted by Gasteiger charge is -2.62. The van der Waals surface area contributed by atoms with E-state index in [1.807, 2.05) is 0 Å². The van der Waals surface area contributed by atoms with Gasteiger partial charge in [-0.05, 0) is 68.1 Å². The van der Waals surface area contributed by atoms with Crippen LogP contribution >= 0.6 is 0 Å². The van der Waals surface area contributed by atoms with Crippen molar-refractivity contribution in [3.63, 3.8) is 0 Å². The van der Waals surface area contributed by atoms with Gasteiger partial charge in [-0.25, -0.2) is 0 Å². The van der Waals surface area contributed by atoms with E-state index in [0.717, 1.165) is 32.1 Å². The third-order valence-electron chi connectivity index (χ3n) is 19.6. The van der Waals surface area contributed by atoms with Crippen molar-refractivity contribution in [1.29, 1.82) is 0 Å². The van der Waals surface area contributed by atoms with Crippen molar-refractivity contribution >= 4 is 0 Å². The summed E-state index contributed by atoms with van der Waals surface area (Å²) < 4.78 is 61.1. The first-order valence-corrected chi connectivity index (χ1v) is 26.5. The monoisotopic (exact) mass is 1050 g/mol. The first-order valence-electron chi connectivity index (χ1n) is 26.5. The maximum Gasteiger partial charge on any atom is 0.187 e. The van der Waals surface area contributed by atoms with Gasteiger partial charge in [-0.2, -0.15) is 0 Å². The minimum Gasteiger partial charge on any atom is -0.394 e. The minimum atomic E-state index is -2.01. The Hall–Kier alpha value is -1.18. The quantitative estimate of drug-likeness (QED) is 0.0905. The Bertz CT molecular complexity index is 1940. The van der Waals surface area contributed by atoms with Gasteiger partial charge in [0.2, 0.25) is 0 Å². The van der Waals surface area contributed by atoms with E-state index in [1.54, 1.807) is 0 Å². The van der Waals surface area contributed by atoms with Gasteiger partial charge in [0.05, 0.1) is 50.8 Å². The van der Waals surface area contributed by atoms with E-state index in [4.69, 9.17) is 47.4 Å². The lowest BCUT2D eigenvalue weighted by molar-refractivity contribution is -0.403. The van der Waals surface area contributed by atoms with Crippen LogP contribution in [0.25, 0.3) is 0 Å². The molecule has 10 rings (SSSR count). The molecule has 6 aliphatic heterocycles. The van der Waals surface area contributed by atoms with Gasteiger partial charge in [-0.15, -0.1) is 0 Å². The van der Waals surface area contributed by atoms with E-state index < -0.39 is 161 Å². The standard InChI is InChI=1S/C50H80O23/c1-20-7-12-50(65-18-20)21(2)31-27(73-50)14-49(63)25-6-5-22-13-23(8-10-47(22,3)24(25)9-11-48(31,49)4)66-44-39(62)36(59)40(30(17-53)69-44)70-46-42(72-45-38(61)35(58)33(56)28(15-51)67-45)41(34(57)29(16-52)68-46)71-43-37(60)32(55)26(54)19-64-43/h5,20-21,23-46,51-63H,6-19H2,1-4H3. The summed E-state index contributed by atoms with van der Waals surface area (Å²) in [5.41, 5.74) is -0.289. The topological polar surface area (TPSA) is 355 Å². The summed E-state index contributed by atoms with van der Waals surface area (Å²) >= 11 is 0. The molecule has 30 unspecified atom stereocenters. The number of hydrogen-bond donors (Lipinski definition) is 13. The molecular weight excluding hydrogens is 969 g/mol. The molecule has 23 nitrogen and oxygen atoms in total. The molecule has 0 aromatic carbocycles. The van der Waals surface area contributed by atoms with Crippen LogP contribution in [0.1, 0.15) is 85.5 Å². The van der Waals surface area contributed by atoms with Crippen LogP contribution in [0, 0.1) is 40.4 Å². The molecule has 0 amide bonds. The van der Waals surface area contributed by atoms with E-state index in [-0.39, 0.29) is 40.6 Å². The third-order valence-corrected chi connectivity index (χ3v) is 19.6. The molecule has 13 N–H and O–H groups in total. The molecular formula is C50H80O23. The van der Waals surface area contributed by atoms with E-state index in [2.05, 4.69) is 33.8 Å². The normalized spacial score (nSPS) is 57.1. The Labute approximate surface area is 423 Å². The highest BCUT2D eigenvalue weighted by atomic mass is 16.8. The van der Waals surface area contributed by atoms with Gasteiger partial charge in [-0.1, -0.05) is 39.3 Å². The molecule has 30 atom stereocenters. The van der Waals surface area contributed by atoms with Gasteiger partial charge in [0.15, 0.2) is 30.9 Å². The predicted octanol–water partition coefficient (Wildman–Crippen LogP) is -3.24. The zero-order valence-electron chi connectivity index (χ0n) is 41.9. The second-order valence-electron chi connectivity index (χ2n) is 23.6. The Morgan fingerprint density at radius 1 is 0.603 bits per heavy atom. The molecule has 0 bridgehead atoms. The summed E-state index contributed by atoms with van der Waals surface area (Å²) in [6, 6.07) is 0. The first-order chi connectivity index (χ1) is 34.6. The van der Waals surface area contributed by atoms with Crippen LogP contribution in [0.3, 0.4) is 0 Å². The van der Waals surface area contributed by atoms with E-state index in [9.17, 15) is 66.4 Å². The van der Waals surface area contributed by atoms with Crippen molar-refractivity contribution in [2.45, 2.75) is 226 Å². The fourth-order valence-corrected chi connectivity index (χ4v) is 15.2. The molecule has 9 fully saturated rings. The number of hydrogen-bond acceptors (Lipinski definition) is 23. The Morgan fingerprint density at radius 2 is 1.23 bits per heavy atom. The molecule has 0 radical (unpaired) electrons. The van der Waals surface area contributed by atoms with Crippen LogP contribution in [0.15, 0.2) is 11.6 Å². The molecule has 0 aromatic heterocycles. The number of fused-ring (bicyclic) bond motifs is 7. The van der Waals surface area contributed by atoms with Gasteiger partial charge in [0.1, 0.15) is 91.6 Å². The Kier molecular flexibility index (Phi) is 15.7. The van der Waals surface area contributed by atoms with Gasteiger partial charge >= 0.3 is 0 Å². The van der Waals surface area contributed by atoms with Crippen molar-refractivity contribution in [3.8, 4) is 0 Å². The van der Waals surface area contributed by atoms with Crippen LogP contribution < -0.4 is 0 Å². The first kappa shape index (κ1) is 55.1. The van der Waals surface area contributed by atoms with Gasteiger partial charge in [-0.3, -0.25) is 0 Å². The van der Waals surface area contributed by atoms with E-state index >= 15 is 0 Å². The fourth-order valence-electron chi connectivity index (χ4n) is 15.2. The summed E-state index contributed by atoms with van der Waals surface area (Å²) in [6.07, 6.45) is -24.8. The van der Waals surface area contributed by atoms with Crippen molar-refractivity contribution in [1.82, 2.24) is 0 Å². The van der Waals surface area contributed by atoms with Crippen LogP contribution in [-0.4, -0.2) is 240 Å². The summed E-state index contributed by atoms with van der Waals surface area (Å²) in [4.78, 5) is 0. The van der Waals surface area contributed by atoms with Crippen molar-refractivity contribution in [2.24, 2.45) is 40.4 Å².